The van der Waals surface area contributed by atoms with Crippen molar-refractivity contribution in [3.8, 4) is 0 Å². The number of ether oxygens (including phenoxy) is 1. The summed E-state index contributed by atoms with van der Waals surface area (Å²) in [6, 6.07) is 13.1. The number of carbonyl (C=O) groups is 2. The van der Waals surface area contributed by atoms with Crippen molar-refractivity contribution in [2.24, 2.45) is 0 Å². The lowest BCUT2D eigenvalue weighted by Crippen LogP contribution is -2.49. The van der Waals surface area contributed by atoms with Crippen LogP contribution in [-0.2, 0) is 16.0 Å². The zero-order valence-corrected chi connectivity index (χ0v) is 19.3. The van der Waals surface area contributed by atoms with Gasteiger partial charge in [-0.05, 0) is 36.7 Å². The second-order valence-corrected chi connectivity index (χ2v) is 8.41. The highest BCUT2D eigenvalue weighted by molar-refractivity contribution is 6.36. The summed E-state index contributed by atoms with van der Waals surface area (Å²) in [6.45, 7) is 4.77. The van der Waals surface area contributed by atoms with E-state index < -0.39 is 12.1 Å². The summed E-state index contributed by atoms with van der Waals surface area (Å²) < 4.78 is 5.35. The summed E-state index contributed by atoms with van der Waals surface area (Å²) in [5.74, 6) is -0.229. The minimum absolute atomic E-state index is 0.229. The molecule has 0 saturated carbocycles. The summed E-state index contributed by atoms with van der Waals surface area (Å²) >= 11 is 12.0. The molecule has 3 N–H and O–H groups in total. The number of carbonyl (C=O) groups excluding carboxylic acids is 2. The molecule has 9 heteroatoms. The molecule has 1 aliphatic heterocycles. The molecule has 1 atom stereocenters. The average molecular weight is 479 g/mol. The number of halogens is 2. The quantitative estimate of drug-likeness (QED) is 0.481. The van der Waals surface area contributed by atoms with Crippen LogP contribution < -0.4 is 16.0 Å². The van der Waals surface area contributed by atoms with Crippen LogP contribution in [0, 0.1) is 0 Å². The van der Waals surface area contributed by atoms with Crippen LogP contribution >= 0.6 is 23.2 Å². The van der Waals surface area contributed by atoms with Crippen LogP contribution in [0.1, 0.15) is 12.0 Å². The van der Waals surface area contributed by atoms with Crippen LogP contribution in [0.5, 0.6) is 0 Å². The molecule has 7 nitrogen and oxygen atoms in total. The molecule has 1 heterocycles. The molecule has 3 rings (SSSR count). The van der Waals surface area contributed by atoms with Gasteiger partial charge in [0.05, 0.1) is 23.9 Å². The molecule has 1 unspecified atom stereocenters. The largest absolute Gasteiger partial charge is 0.379 e. The van der Waals surface area contributed by atoms with Crippen LogP contribution in [0.3, 0.4) is 0 Å². The Kier molecular flexibility index (Phi) is 9.62. The van der Waals surface area contributed by atoms with Gasteiger partial charge in [-0.2, -0.15) is 0 Å². The predicted octanol–water partition coefficient (Wildman–Crippen LogP) is 3.56. The lowest BCUT2D eigenvalue weighted by Gasteiger charge is -2.26. The smallest absolute Gasteiger partial charge is 0.319 e. The van der Waals surface area contributed by atoms with Crippen LogP contribution in [0.15, 0.2) is 48.5 Å². The van der Waals surface area contributed by atoms with Crippen molar-refractivity contribution in [1.82, 2.24) is 15.5 Å². The average Bonchev–Trinajstić information content (AvgIpc) is 2.79. The van der Waals surface area contributed by atoms with Gasteiger partial charge in [-0.15, -0.1) is 0 Å². The fraction of sp³-hybridized carbons (Fsp3) is 0.391. The Hall–Kier alpha value is -2.32. The molecule has 0 aromatic heterocycles. The first-order valence-corrected chi connectivity index (χ1v) is 11.4. The van der Waals surface area contributed by atoms with Gasteiger partial charge in [0.1, 0.15) is 6.04 Å². The normalized spacial score (nSPS) is 15.1. The Morgan fingerprint density at radius 3 is 2.53 bits per heavy atom. The highest BCUT2D eigenvalue weighted by Gasteiger charge is 2.21. The number of nitrogens with one attached hydrogen (secondary N) is 3. The minimum Gasteiger partial charge on any atom is -0.379 e. The molecule has 2 aromatic rings. The van der Waals surface area contributed by atoms with E-state index in [1.54, 1.807) is 18.2 Å². The molecule has 0 radical (unpaired) electrons. The minimum atomic E-state index is -0.730. The van der Waals surface area contributed by atoms with Crippen molar-refractivity contribution >= 4 is 40.8 Å². The highest BCUT2D eigenvalue weighted by Crippen LogP contribution is 2.25. The molecule has 172 valence electrons. The highest BCUT2D eigenvalue weighted by atomic mass is 35.5. The summed E-state index contributed by atoms with van der Waals surface area (Å²) in [5, 5.41) is 9.18. The number of anilines is 1. The van der Waals surface area contributed by atoms with Gasteiger partial charge in [0.15, 0.2) is 0 Å². The molecule has 1 fully saturated rings. The maximum atomic E-state index is 12.9. The van der Waals surface area contributed by atoms with E-state index in [2.05, 4.69) is 20.9 Å². The van der Waals surface area contributed by atoms with Gasteiger partial charge in [0, 0.05) is 31.1 Å². The Balaban J connectivity index is 1.55. The van der Waals surface area contributed by atoms with E-state index in [1.807, 2.05) is 30.3 Å². The van der Waals surface area contributed by atoms with E-state index in [1.165, 1.54) is 0 Å². The molecule has 0 aliphatic carbocycles. The van der Waals surface area contributed by atoms with Gasteiger partial charge >= 0.3 is 6.03 Å². The topological polar surface area (TPSA) is 82.7 Å². The van der Waals surface area contributed by atoms with Gasteiger partial charge in [0.25, 0.3) is 0 Å². The molecule has 0 spiro atoms. The van der Waals surface area contributed by atoms with Gasteiger partial charge < -0.3 is 20.7 Å². The Bertz CT molecular complexity index is 892. The number of morpholine rings is 1. The fourth-order valence-corrected chi connectivity index (χ4v) is 3.88. The second-order valence-electron chi connectivity index (χ2n) is 7.56. The molecule has 1 saturated heterocycles. The number of amides is 3. The third-order valence-electron chi connectivity index (χ3n) is 5.14. The van der Waals surface area contributed by atoms with Gasteiger partial charge in [-0.25, -0.2) is 4.79 Å². The van der Waals surface area contributed by atoms with Crippen molar-refractivity contribution in [1.29, 1.82) is 0 Å². The van der Waals surface area contributed by atoms with Crippen molar-refractivity contribution < 1.29 is 14.3 Å². The number of benzene rings is 2. The van der Waals surface area contributed by atoms with Crippen LogP contribution in [-0.4, -0.2) is 62.3 Å². The SMILES string of the molecule is O=C(Nc1ccc(Cl)cc1Cl)NC(Cc1ccccc1)C(=O)NCCCN1CCOCC1. The summed E-state index contributed by atoms with van der Waals surface area (Å²) in [5.41, 5.74) is 1.36. The molecular formula is C23H28Cl2N4O3. The molecular weight excluding hydrogens is 451 g/mol. The first-order chi connectivity index (χ1) is 15.5. The van der Waals surface area contributed by atoms with E-state index >= 15 is 0 Å². The standard InChI is InChI=1S/C23H28Cl2N4O3/c24-18-7-8-20(19(25)16-18)27-23(31)28-21(15-17-5-2-1-3-6-17)22(30)26-9-4-10-29-11-13-32-14-12-29/h1-3,5-8,16,21H,4,9-15H2,(H,26,30)(H2,27,28,31). The van der Waals surface area contributed by atoms with Gasteiger partial charge in [-0.3, -0.25) is 9.69 Å². The van der Waals surface area contributed by atoms with Crippen LogP contribution in [0.4, 0.5) is 10.5 Å². The van der Waals surface area contributed by atoms with Crippen molar-refractivity contribution in [2.45, 2.75) is 18.9 Å². The molecule has 1 aliphatic rings. The van der Waals surface area contributed by atoms with Crippen LogP contribution in [0.25, 0.3) is 0 Å². The van der Waals surface area contributed by atoms with Gasteiger partial charge in [0.2, 0.25) is 5.91 Å². The summed E-state index contributed by atoms with van der Waals surface area (Å²) in [4.78, 5) is 27.8. The second kappa shape index (κ2) is 12.6. The van der Waals surface area contributed by atoms with Crippen molar-refractivity contribution in [3.05, 3.63) is 64.1 Å². The van der Waals surface area contributed by atoms with E-state index in [-0.39, 0.29) is 5.91 Å². The van der Waals surface area contributed by atoms with E-state index in [0.29, 0.717) is 28.7 Å². The van der Waals surface area contributed by atoms with Crippen LogP contribution in [0.2, 0.25) is 10.0 Å². The first kappa shape index (κ1) is 24.3. The summed E-state index contributed by atoms with van der Waals surface area (Å²) in [6.07, 6.45) is 1.20. The zero-order chi connectivity index (χ0) is 22.8. The Morgan fingerprint density at radius 2 is 1.81 bits per heavy atom. The fourth-order valence-electron chi connectivity index (χ4n) is 3.43. The van der Waals surface area contributed by atoms with E-state index in [4.69, 9.17) is 27.9 Å². The molecule has 0 bridgehead atoms. The lowest BCUT2D eigenvalue weighted by molar-refractivity contribution is -0.122. The number of hydrogen-bond acceptors (Lipinski definition) is 4. The van der Waals surface area contributed by atoms with E-state index in [9.17, 15) is 9.59 Å². The monoisotopic (exact) mass is 478 g/mol. The lowest BCUT2D eigenvalue weighted by atomic mass is 10.1. The molecule has 32 heavy (non-hydrogen) atoms. The van der Waals surface area contributed by atoms with Crippen molar-refractivity contribution in [2.75, 3.05) is 44.7 Å². The molecule has 3 amide bonds. The number of hydrogen-bond donors (Lipinski definition) is 3. The van der Waals surface area contributed by atoms with E-state index in [0.717, 1.165) is 44.8 Å². The maximum Gasteiger partial charge on any atom is 0.319 e. The maximum absolute atomic E-state index is 12.9. The Labute approximate surface area is 198 Å². The first-order valence-electron chi connectivity index (χ1n) is 10.7. The predicted molar refractivity (Wildman–Crippen MR) is 127 cm³/mol. The third kappa shape index (κ3) is 7.98. The zero-order valence-electron chi connectivity index (χ0n) is 17.8. The summed E-state index contributed by atoms with van der Waals surface area (Å²) in [7, 11) is 0. The Morgan fingerprint density at radius 1 is 1.06 bits per heavy atom. The number of urea groups is 1. The molecule has 2 aromatic carbocycles. The number of nitrogens with zero attached hydrogens (tertiary/aromatic N) is 1. The third-order valence-corrected chi connectivity index (χ3v) is 5.69. The van der Waals surface area contributed by atoms with Crippen molar-refractivity contribution in [3.63, 3.8) is 0 Å². The number of rotatable bonds is 9. The van der Waals surface area contributed by atoms with Gasteiger partial charge in [-0.1, -0.05) is 53.5 Å².